The zero-order valence-corrected chi connectivity index (χ0v) is 11.9. The number of hydrogen-bond acceptors (Lipinski definition) is 3. The normalized spacial score (nSPS) is 21.9. The molecule has 0 aromatic heterocycles. The van der Waals surface area contributed by atoms with Crippen molar-refractivity contribution in [2.45, 2.75) is 39.2 Å². The summed E-state index contributed by atoms with van der Waals surface area (Å²) in [4.78, 5) is 11.1. The molecule has 1 aromatic rings. The molecule has 104 valence electrons. The van der Waals surface area contributed by atoms with E-state index >= 15 is 0 Å². The van der Waals surface area contributed by atoms with Gasteiger partial charge in [-0.05, 0) is 49.1 Å². The third kappa shape index (κ3) is 2.21. The van der Waals surface area contributed by atoms with Crippen molar-refractivity contribution in [2.24, 2.45) is 0 Å². The van der Waals surface area contributed by atoms with Gasteiger partial charge in [0.05, 0.1) is 20.1 Å². The van der Waals surface area contributed by atoms with Crippen LogP contribution in [0, 0.1) is 20.8 Å². The number of rotatable bonds is 4. The molecule has 0 bridgehead atoms. The van der Waals surface area contributed by atoms with Gasteiger partial charge in [-0.1, -0.05) is 0 Å². The van der Waals surface area contributed by atoms with Gasteiger partial charge in [-0.3, -0.25) is 4.79 Å². The van der Waals surface area contributed by atoms with Crippen LogP contribution < -0.4 is 4.74 Å². The second kappa shape index (κ2) is 4.85. The molecule has 1 saturated heterocycles. The Balaban J connectivity index is 2.53. The maximum Gasteiger partial charge on any atom is 0.306 e. The number of carbonyl (C=O) groups is 1. The van der Waals surface area contributed by atoms with Gasteiger partial charge >= 0.3 is 5.97 Å². The molecule has 1 aliphatic heterocycles. The van der Waals surface area contributed by atoms with Crippen LogP contribution in [0.4, 0.5) is 0 Å². The first-order chi connectivity index (χ1) is 8.91. The molecular weight excluding hydrogens is 244 g/mol. The predicted octanol–water partition coefficient (Wildman–Crippen LogP) is 2.71. The lowest BCUT2D eigenvalue weighted by Crippen LogP contribution is -2.43. The third-order valence-electron chi connectivity index (χ3n) is 4.04. The van der Waals surface area contributed by atoms with Crippen molar-refractivity contribution in [3.63, 3.8) is 0 Å². The van der Waals surface area contributed by atoms with E-state index in [4.69, 9.17) is 14.6 Å². The van der Waals surface area contributed by atoms with E-state index in [9.17, 15) is 4.79 Å². The van der Waals surface area contributed by atoms with Crippen LogP contribution in [0.15, 0.2) is 6.07 Å². The van der Waals surface area contributed by atoms with Gasteiger partial charge in [0.25, 0.3) is 0 Å². The summed E-state index contributed by atoms with van der Waals surface area (Å²) in [7, 11) is 1.65. The molecule has 1 atom stereocenters. The molecule has 1 heterocycles. The highest BCUT2D eigenvalue weighted by molar-refractivity contribution is 5.69. The van der Waals surface area contributed by atoms with Crippen LogP contribution in [0.1, 0.15) is 35.1 Å². The number of aryl methyl sites for hydroxylation is 1. The summed E-state index contributed by atoms with van der Waals surface area (Å²) in [5, 5.41) is 9.10. The van der Waals surface area contributed by atoms with Crippen molar-refractivity contribution in [3.05, 3.63) is 28.3 Å². The van der Waals surface area contributed by atoms with Crippen molar-refractivity contribution in [1.29, 1.82) is 0 Å². The molecule has 2 rings (SSSR count). The van der Waals surface area contributed by atoms with Gasteiger partial charge in [-0.2, -0.15) is 0 Å². The summed E-state index contributed by atoms with van der Waals surface area (Å²) >= 11 is 0. The first-order valence-electron chi connectivity index (χ1n) is 6.42. The molecule has 1 fully saturated rings. The van der Waals surface area contributed by atoms with E-state index in [1.807, 2.05) is 26.8 Å². The molecule has 1 unspecified atom stereocenters. The number of benzene rings is 1. The van der Waals surface area contributed by atoms with Crippen molar-refractivity contribution in [2.75, 3.05) is 13.7 Å². The lowest BCUT2D eigenvalue weighted by Gasteiger charge is -2.42. The molecule has 4 nitrogen and oxygen atoms in total. The Morgan fingerprint density at radius 1 is 1.42 bits per heavy atom. The summed E-state index contributed by atoms with van der Waals surface area (Å²) in [5.74, 6) is 0.0382. The van der Waals surface area contributed by atoms with Crippen LogP contribution in [0.3, 0.4) is 0 Å². The maximum atomic E-state index is 11.1. The Hall–Kier alpha value is -1.55. The minimum atomic E-state index is -0.828. The number of hydrogen-bond donors (Lipinski definition) is 1. The van der Waals surface area contributed by atoms with Crippen LogP contribution in [0.5, 0.6) is 5.75 Å². The molecule has 0 amide bonds. The Bertz CT molecular complexity index is 515. The standard InChI is InChI=1S/C15H20O4/c1-9-7-12(10(2)11(3)14(9)18-4)15(5-6-19-15)8-13(16)17/h7H,5-6,8H2,1-4H3,(H,16,17). The first kappa shape index (κ1) is 13.9. The average Bonchev–Trinajstić information content (AvgIpc) is 2.29. The lowest BCUT2D eigenvalue weighted by atomic mass is 9.79. The molecule has 4 heteroatoms. The average molecular weight is 264 g/mol. The Morgan fingerprint density at radius 3 is 2.47 bits per heavy atom. The van der Waals surface area contributed by atoms with Crippen molar-refractivity contribution < 1.29 is 19.4 Å². The molecule has 1 N–H and O–H groups in total. The van der Waals surface area contributed by atoms with Crippen molar-refractivity contribution in [1.82, 2.24) is 0 Å². The number of carboxylic acids is 1. The molecule has 0 aliphatic carbocycles. The summed E-state index contributed by atoms with van der Waals surface area (Å²) in [6, 6.07) is 2.00. The second-order valence-corrected chi connectivity index (χ2v) is 5.19. The van der Waals surface area contributed by atoms with Gasteiger partial charge in [0.1, 0.15) is 11.4 Å². The van der Waals surface area contributed by atoms with Gasteiger partial charge in [0, 0.05) is 6.42 Å². The zero-order valence-electron chi connectivity index (χ0n) is 11.9. The Morgan fingerprint density at radius 2 is 2.05 bits per heavy atom. The summed E-state index contributed by atoms with van der Waals surface area (Å²) in [6.07, 6.45) is 0.768. The monoisotopic (exact) mass is 264 g/mol. The van der Waals surface area contributed by atoms with Gasteiger partial charge in [-0.15, -0.1) is 0 Å². The molecular formula is C15H20O4. The molecule has 0 saturated carbocycles. The van der Waals surface area contributed by atoms with E-state index in [1.54, 1.807) is 7.11 Å². The fourth-order valence-corrected chi connectivity index (χ4v) is 2.89. The third-order valence-corrected chi connectivity index (χ3v) is 4.04. The minimum absolute atomic E-state index is 0.0129. The van der Waals surface area contributed by atoms with Crippen LogP contribution in [0.2, 0.25) is 0 Å². The second-order valence-electron chi connectivity index (χ2n) is 5.19. The van der Waals surface area contributed by atoms with E-state index in [1.165, 1.54) is 0 Å². The zero-order chi connectivity index (χ0) is 14.2. The van der Waals surface area contributed by atoms with Crippen LogP contribution >= 0.6 is 0 Å². The van der Waals surface area contributed by atoms with Crippen LogP contribution in [0.25, 0.3) is 0 Å². The SMILES string of the molecule is COc1c(C)cc(C2(CC(=O)O)CCO2)c(C)c1C. The smallest absolute Gasteiger partial charge is 0.306 e. The summed E-state index contributed by atoms with van der Waals surface area (Å²) in [6.45, 7) is 6.59. The fraction of sp³-hybridized carbons (Fsp3) is 0.533. The van der Waals surface area contributed by atoms with Gasteiger partial charge in [0.15, 0.2) is 0 Å². The highest BCUT2D eigenvalue weighted by Crippen LogP contribution is 2.44. The van der Waals surface area contributed by atoms with E-state index in [0.717, 1.165) is 34.4 Å². The number of carboxylic acid groups (broad SMARTS) is 1. The lowest BCUT2D eigenvalue weighted by molar-refractivity contribution is -0.176. The number of ether oxygens (including phenoxy) is 2. The van der Waals surface area contributed by atoms with Gasteiger partial charge in [0.2, 0.25) is 0 Å². The highest BCUT2D eigenvalue weighted by atomic mass is 16.5. The first-order valence-corrected chi connectivity index (χ1v) is 6.42. The van der Waals surface area contributed by atoms with Crippen molar-refractivity contribution in [3.8, 4) is 5.75 Å². The number of aliphatic carboxylic acids is 1. The summed E-state index contributed by atoms with van der Waals surface area (Å²) in [5.41, 5.74) is 3.46. The molecule has 0 spiro atoms. The Labute approximate surface area is 113 Å². The largest absolute Gasteiger partial charge is 0.496 e. The highest BCUT2D eigenvalue weighted by Gasteiger charge is 2.43. The van der Waals surface area contributed by atoms with E-state index in [0.29, 0.717) is 6.61 Å². The number of methoxy groups -OCH3 is 1. The molecule has 1 aromatic carbocycles. The Kier molecular flexibility index (Phi) is 3.54. The molecule has 0 radical (unpaired) electrons. The van der Waals surface area contributed by atoms with E-state index in [-0.39, 0.29) is 6.42 Å². The topological polar surface area (TPSA) is 55.8 Å². The maximum absolute atomic E-state index is 11.1. The van der Waals surface area contributed by atoms with Crippen LogP contribution in [-0.2, 0) is 15.1 Å². The van der Waals surface area contributed by atoms with Crippen molar-refractivity contribution >= 4 is 5.97 Å². The quantitative estimate of drug-likeness (QED) is 0.908. The van der Waals surface area contributed by atoms with E-state index < -0.39 is 11.6 Å². The predicted molar refractivity (Wildman–Crippen MR) is 71.7 cm³/mol. The summed E-state index contributed by atoms with van der Waals surface area (Å²) < 4.78 is 11.1. The molecule has 1 aliphatic rings. The minimum Gasteiger partial charge on any atom is -0.496 e. The molecule has 19 heavy (non-hydrogen) atoms. The van der Waals surface area contributed by atoms with Gasteiger partial charge in [-0.25, -0.2) is 0 Å². The van der Waals surface area contributed by atoms with Crippen LogP contribution in [-0.4, -0.2) is 24.8 Å². The fourth-order valence-electron chi connectivity index (χ4n) is 2.89. The van der Waals surface area contributed by atoms with Gasteiger partial charge < -0.3 is 14.6 Å². The van der Waals surface area contributed by atoms with E-state index in [2.05, 4.69) is 0 Å².